The van der Waals surface area contributed by atoms with Gasteiger partial charge in [-0.25, -0.2) is 4.98 Å². The number of pyridine rings is 1. The van der Waals surface area contributed by atoms with Crippen molar-refractivity contribution in [1.82, 2.24) is 14.7 Å². The lowest BCUT2D eigenvalue weighted by Gasteiger charge is -2.10. The molecule has 0 saturated heterocycles. The van der Waals surface area contributed by atoms with Gasteiger partial charge < -0.3 is 10.6 Å². The number of carbonyl (C=O) groups excluding carboxylic acids is 1. The molecular weight excluding hydrogens is 244 g/mol. The van der Waals surface area contributed by atoms with E-state index in [-0.39, 0.29) is 24.1 Å². The summed E-state index contributed by atoms with van der Waals surface area (Å²) in [7, 11) is 0. The fourth-order valence-electron chi connectivity index (χ4n) is 1.69. The van der Waals surface area contributed by atoms with Crippen LogP contribution in [0.3, 0.4) is 0 Å². The molecule has 2 aromatic rings. The van der Waals surface area contributed by atoms with E-state index in [0.717, 1.165) is 0 Å². The molecular formula is C13H16N4O2. The molecule has 0 fully saturated rings. The van der Waals surface area contributed by atoms with E-state index in [1.807, 2.05) is 13.8 Å². The van der Waals surface area contributed by atoms with E-state index in [2.05, 4.69) is 15.6 Å². The molecule has 0 radical (unpaired) electrons. The summed E-state index contributed by atoms with van der Waals surface area (Å²) in [5.74, 6) is 0.264. The summed E-state index contributed by atoms with van der Waals surface area (Å²) in [4.78, 5) is 27.6. The Morgan fingerprint density at radius 2 is 2.21 bits per heavy atom. The van der Waals surface area contributed by atoms with Crippen LogP contribution >= 0.6 is 0 Å². The van der Waals surface area contributed by atoms with Gasteiger partial charge in [0.05, 0.1) is 6.54 Å². The zero-order chi connectivity index (χ0) is 13.8. The van der Waals surface area contributed by atoms with Crippen LogP contribution in [0.2, 0.25) is 0 Å². The van der Waals surface area contributed by atoms with Gasteiger partial charge in [0.1, 0.15) is 11.5 Å². The molecule has 0 saturated carbocycles. The number of anilines is 1. The molecule has 0 aliphatic heterocycles. The second-order valence-electron chi connectivity index (χ2n) is 4.48. The minimum atomic E-state index is -0.183. The maximum atomic E-state index is 11.8. The highest BCUT2D eigenvalue weighted by Gasteiger charge is 2.05. The molecule has 0 bridgehead atoms. The Morgan fingerprint density at radius 3 is 2.95 bits per heavy atom. The molecule has 6 heteroatoms. The Morgan fingerprint density at radius 1 is 1.42 bits per heavy atom. The Hall–Kier alpha value is -2.37. The van der Waals surface area contributed by atoms with Gasteiger partial charge in [0.15, 0.2) is 0 Å². The Balaban J connectivity index is 2.14. The van der Waals surface area contributed by atoms with Crippen molar-refractivity contribution in [3.8, 4) is 0 Å². The fraction of sp³-hybridized carbons (Fsp3) is 0.308. The van der Waals surface area contributed by atoms with Crippen LogP contribution in [0.4, 0.5) is 5.82 Å². The molecule has 0 aliphatic carbocycles. The van der Waals surface area contributed by atoms with E-state index in [0.29, 0.717) is 11.5 Å². The largest absolute Gasteiger partial charge is 0.361 e. The third-order valence-corrected chi connectivity index (χ3v) is 2.45. The summed E-state index contributed by atoms with van der Waals surface area (Å²) in [6.45, 7) is 3.87. The monoisotopic (exact) mass is 260 g/mol. The second kappa shape index (κ2) is 5.51. The van der Waals surface area contributed by atoms with Crippen LogP contribution < -0.4 is 16.2 Å². The zero-order valence-corrected chi connectivity index (χ0v) is 10.9. The number of nitrogens with one attached hydrogen (secondary N) is 2. The molecule has 0 spiro atoms. The van der Waals surface area contributed by atoms with E-state index in [1.54, 1.807) is 24.4 Å². The summed E-state index contributed by atoms with van der Waals surface area (Å²) in [5, 5.41) is 5.60. The standard InChI is InChI=1S/C13H16N4O2/c1-9(2)15-12(18)8-14-10-7-13(19)17-6-4-3-5-11(17)16-10/h3-7,9,14H,8H2,1-2H3,(H,15,18). The number of nitrogens with zero attached hydrogens (tertiary/aromatic N) is 2. The zero-order valence-electron chi connectivity index (χ0n) is 10.9. The van der Waals surface area contributed by atoms with Gasteiger partial charge in [-0.3, -0.25) is 14.0 Å². The van der Waals surface area contributed by atoms with Crippen molar-refractivity contribution in [2.24, 2.45) is 0 Å². The van der Waals surface area contributed by atoms with E-state index in [9.17, 15) is 9.59 Å². The van der Waals surface area contributed by atoms with Crippen molar-refractivity contribution in [2.75, 3.05) is 11.9 Å². The van der Waals surface area contributed by atoms with E-state index >= 15 is 0 Å². The minimum absolute atomic E-state index is 0.0875. The van der Waals surface area contributed by atoms with Crippen LogP contribution in [-0.2, 0) is 4.79 Å². The summed E-state index contributed by atoms with van der Waals surface area (Å²) < 4.78 is 1.44. The van der Waals surface area contributed by atoms with Crippen LogP contribution in [0.5, 0.6) is 0 Å². The van der Waals surface area contributed by atoms with Crippen LogP contribution in [0.15, 0.2) is 35.3 Å². The average molecular weight is 260 g/mol. The van der Waals surface area contributed by atoms with Crippen molar-refractivity contribution in [3.63, 3.8) is 0 Å². The van der Waals surface area contributed by atoms with Gasteiger partial charge in [0.2, 0.25) is 5.91 Å². The molecule has 2 N–H and O–H groups in total. The quantitative estimate of drug-likeness (QED) is 0.845. The van der Waals surface area contributed by atoms with Crippen LogP contribution in [0.1, 0.15) is 13.8 Å². The molecule has 100 valence electrons. The highest BCUT2D eigenvalue weighted by molar-refractivity contribution is 5.80. The molecule has 0 aliphatic rings. The maximum Gasteiger partial charge on any atom is 0.259 e. The minimum Gasteiger partial charge on any atom is -0.361 e. The van der Waals surface area contributed by atoms with Crippen LogP contribution in [0.25, 0.3) is 5.65 Å². The predicted octanol–water partition coefficient (Wildman–Crippen LogP) is 0.631. The molecule has 6 nitrogen and oxygen atoms in total. The van der Waals surface area contributed by atoms with E-state index < -0.39 is 0 Å². The summed E-state index contributed by atoms with van der Waals surface area (Å²) in [5.41, 5.74) is 0.360. The number of carbonyl (C=O) groups is 1. The van der Waals surface area contributed by atoms with Crippen molar-refractivity contribution in [3.05, 3.63) is 40.8 Å². The predicted molar refractivity (Wildman–Crippen MR) is 73.2 cm³/mol. The highest BCUT2D eigenvalue weighted by atomic mass is 16.2. The first-order valence-corrected chi connectivity index (χ1v) is 6.08. The van der Waals surface area contributed by atoms with Crippen molar-refractivity contribution >= 4 is 17.4 Å². The van der Waals surface area contributed by atoms with Crippen LogP contribution in [-0.4, -0.2) is 27.9 Å². The van der Waals surface area contributed by atoms with Crippen molar-refractivity contribution in [2.45, 2.75) is 19.9 Å². The number of hydrogen-bond acceptors (Lipinski definition) is 4. The molecule has 2 heterocycles. The van der Waals surface area contributed by atoms with E-state index in [1.165, 1.54) is 10.5 Å². The topological polar surface area (TPSA) is 75.5 Å². The first-order valence-electron chi connectivity index (χ1n) is 6.08. The number of amides is 1. The summed E-state index contributed by atoms with van der Waals surface area (Å²) in [6, 6.07) is 6.76. The average Bonchev–Trinajstić information content (AvgIpc) is 2.36. The molecule has 0 unspecified atom stereocenters. The number of hydrogen-bond donors (Lipinski definition) is 2. The van der Waals surface area contributed by atoms with Gasteiger partial charge in [-0.2, -0.15) is 0 Å². The van der Waals surface area contributed by atoms with Gasteiger partial charge >= 0.3 is 0 Å². The molecule has 19 heavy (non-hydrogen) atoms. The summed E-state index contributed by atoms with van der Waals surface area (Å²) >= 11 is 0. The van der Waals surface area contributed by atoms with Gasteiger partial charge in [-0.05, 0) is 26.0 Å². The van der Waals surface area contributed by atoms with Crippen LogP contribution in [0, 0.1) is 0 Å². The second-order valence-corrected chi connectivity index (χ2v) is 4.48. The fourth-order valence-corrected chi connectivity index (χ4v) is 1.69. The number of rotatable bonds is 4. The third-order valence-electron chi connectivity index (χ3n) is 2.45. The lowest BCUT2D eigenvalue weighted by Crippen LogP contribution is -2.35. The lowest BCUT2D eigenvalue weighted by atomic mass is 10.4. The molecule has 2 rings (SSSR count). The molecule has 0 atom stereocenters. The molecule has 1 amide bonds. The number of aromatic nitrogens is 2. The Kier molecular flexibility index (Phi) is 3.79. The van der Waals surface area contributed by atoms with Gasteiger partial charge in [0, 0.05) is 18.3 Å². The van der Waals surface area contributed by atoms with Crippen molar-refractivity contribution in [1.29, 1.82) is 0 Å². The summed E-state index contributed by atoms with van der Waals surface area (Å²) in [6.07, 6.45) is 1.65. The van der Waals surface area contributed by atoms with Gasteiger partial charge in [0.25, 0.3) is 5.56 Å². The normalized spacial score (nSPS) is 10.7. The van der Waals surface area contributed by atoms with Crippen molar-refractivity contribution < 1.29 is 4.79 Å². The molecule has 2 aromatic heterocycles. The van der Waals surface area contributed by atoms with Gasteiger partial charge in [-0.15, -0.1) is 0 Å². The molecule has 0 aromatic carbocycles. The maximum absolute atomic E-state index is 11.8. The number of fused-ring (bicyclic) bond motifs is 1. The Labute approximate surface area is 110 Å². The lowest BCUT2D eigenvalue weighted by molar-refractivity contribution is -0.119. The van der Waals surface area contributed by atoms with E-state index in [4.69, 9.17) is 0 Å². The first kappa shape index (κ1) is 13.1. The smallest absolute Gasteiger partial charge is 0.259 e. The first-order chi connectivity index (χ1) is 9.06. The Bertz CT molecular complexity index is 648. The van der Waals surface area contributed by atoms with Gasteiger partial charge in [-0.1, -0.05) is 6.07 Å². The third kappa shape index (κ3) is 3.31. The SMILES string of the molecule is CC(C)NC(=O)CNc1cc(=O)n2ccccc2n1. The highest BCUT2D eigenvalue weighted by Crippen LogP contribution is 2.02.